The summed E-state index contributed by atoms with van der Waals surface area (Å²) >= 11 is 2.87. The third-order valence-corrected chi connectivity index (χ3v) is 7.42. The molecule has 0 radical (unpaired) electrons. The van der Waals surface area contributed by atoms with Gasteiger partial charge in [-0.2, -0.15) is 0 Å². The van der Waals surface area contributed by atoms with Crippen molar-refractivity contribution in [3.8, 4) is 5.69 Å². The second kappa shape index (κ2) is 11.0. The molecule has 0 bridgehead atoms. The highest BCUT2D eigenvalue weighted by Crippen LogP contribution is 2.24. The van der Waals surface area contributed by atoms with Crippen molar-refractivity contribution in [2.24, 2.45) is 0 Å². The number of rotatable bonds is 9. The summed E-state index contributed by atoms with van der Waals surface area (Å²) in [5, 5.41) is 4.55. The summed E-state index contributed by atoms with van der Waals surface area (Å²) in [4.78, 5) is 32.3. The topological polar surface area (TPSA) is 67.2 Å². The van der Waals surface area contributed by atoms with E-state index < -0.39 is 0 Å². The zero-order valence-corrected chi connectivity index (χ0v) is 19.3. The maximum atomic E-state index is 13.4. The highest BCUT2D eigenvalue weighted by molar-refractivity contribution is 8.16. The van der Waals surface area contributed by atoms with E-state index in [2.05, 4.69) is 15.2 Å². The minimum absolute atomic E-state index is 0.0113. The van der Waals surface area contributed by atoms with E-state index in [9.17, 15) is 14.0 Å². The molecule has 0 spiro atoms. The number of nitrogens with one attached hydrogen (secondary N) is 1. The van der Waals surface area contributed by atoms with Crippen molar-refractivity contribution in [2.45, 2.75) is 18.0 Å². The molecule has 32 heavy (non-hydrogen) atoms. The molecule has 0 aliphatic carbocycles. The summed E-state index contributed by atoms with van der Waals surface area (Å²) in [5.74, 6) is -0.00491. The van der Waals surface area contributed by atoms with Crippen LogP contribution in [0.15, 0.2) is 58.5 Å². The molecule has 9 heteroatoms. The molecule has 1 aromatic heterocycles. The number of halogens is 1. The van der Waals surface area contributed by atoms with Gasteiger partial charge in [0.05, 0.1) is 22.3 Å². The molecule has 2 aromatic carbocycles. The van der Waals surface area contributed by atoms with E-state index in [1.165, 1.54) is 53.1 Å². The quantitative estimate of drug-likeness (QED) is 0.223. The molecular formula is C23H25FN4O2S2. The predicted octanol–water partition coefficient (Wildman–Crippen LogP) is 3.52. The van der Waals surface area contributed by atoms with Crippen LogP contribution in [0.2, 0.25) is 0 Å². The average molecular weight is 473 g/mol. The molecule has 1 aliphatic heterocycles. The number of benzene rings is 2. The number of hydrogen-bond donors (Lipinski definition) is 1. The lowest BCUT2D eigenvalue weighted by molar-refractivity contribution is -0.118. The van der Waals surface area contributed by atoms with Crippen molar-refractivity contribution in [1.82, 2.24) is 19.8 Å². The standard InChI is InChI=1S/C23H25FN4O2S2/c24-17-7-9-18(10-8-17)28-22(30)19-5-1-2-6-20(19)26-23(28)32-16-31-15-21(29)25-11-14-27-12-3-4-13-27/h1-2,5-10H,3-4,11-16H2,(H,25,29). The lowest BCUT2D eigenvalue weighted by Gasteiger charge is -2.14. The Kier molecular flexibility index (Phi) is 7.83. The van der Waals surface area contributed by atoms with E-state index in [1.54, 1.807) is 30.3 Å². The van der Waals surface area contributed by atoms with Gasteiger partial charge in [-0.3, -0.25) is 14.2 Å². The highest BCUT2D eigenvalue weighted by atomic mass is 32.2. The molecule has 0 unspecified atom stereocenters. The lowest BCUT2D eigenvalue weighted by Crippen LogP contribution is -2.34. The molecule has 2 heterocycles. The molecular weight excluding hydrogens is 447 g/mol. The Morgan fingerprint density at radius 1 is 1.09 bits per heavy atom. The van der Waals surface area contributed by atoms with E-state index in [4.69, 9.17) is 0 Å². The Bertz CT molecular complexity index is 1130. The van der Waals surface area contributed by atoms with E-state index in [0.29, 0.717) is 39.1 Å². The van der Waals surface area contributed by atoms with Crippen LogP contribution in [0.3, 0.4) is 0 Å². The molecule has 4 rings (SSSR count). The molecule has 6 nitrogen and oxygen atoms in total. The molecule has 1 fully saturated rings. The number of carbonyl (C=O) groups excluding carboxylic acids is 1. The summed E-state index contributed by atoms with van der Waals surface area (Å²) in [6, 6.07) is 13.0. The third-order valence-electron chi connectivity index (χ3n) is 5.28. The average Bonchev–Trinajstić information content (AvgIpc) is 3.31. The first-order chi connectivity index (χ1) is 15.6. The van der Waals surface area contributed by atoms with Gasteiger partial charge in [0, 0.05) is 18.2 Å². The number of hydrogen-bond acceptors (Lipinski definition) is 6. The number of amides is 1. The van der Waals surface area contributed by atoms with Gasteiger partial charge in [-0.1, -0.05) is 23.9 Å². The van der Waals surface area contributed by atoms with E-state index >= 15 is 0 Å². The number of fused-ring (bicyclic) bond motifs is 1. The summed E-state index contributed by atoms with van der Waals surface area (Å²) in [5.41, 5.74) is 0.971. The van der Waals surface area contributed by atoms with Gasteiger partial charge in [-0.15, -0.1) is 11.8 Å². The van der Waals surface area contributed by atoms with Crippen molar-refractivity contribution >= 4 is 40.3 Å². The van der Waals surface area contributed by atoms with Crippen LogP contribution in [0.25, 0.3) is 16.6 Å². The second-order valence-electron chi connectivity index (χ2n) is 7.54. The Hall–Kier alpha value is -2.36. The minimum Gasteiger partial charge on any atom is -0.354 e. The Labute approximate surface area is 194 Å². The van der Waals surface area contributed by atoms with Crippen molar-refractivity contribution < 1.29 is 9.18 Å². The zero-order chi connectivity index (χ0) is 22.3. The van der Waals surface area contributed by atoms with E-state index in [1.807, 2.05) is 6.07 Å². The van der Waals surface area contributed by atoms with Crippen molar-refractivity contribution in [3.05, 3.63) is 64.7 Å². The van der Waals surface area contributed by atoms with Gasteiger partial charge in [-0.25, -0.2) is 9.37 Å². The Morgan fingerprint density at radius 3 is 2.62 bits per heavy atom. The van der Waals surface area contributed by atoms with Crippen molar-refractivity contribution in [3.63, 3.8) is 0 Å². The van der Waals surface area contributed by atoms with E-state index in [-0.39, 0.29) is 17.3 Å². The minimum atomic E-state index is -0.365. The molecule has 1 amide bonds. The number of likely N-dealkylation sites (tertiary alicyclic amines) is 1. The number of aromatic nitrogens is 2. The van der Waals surface area contributed by atoms with Crippen LogP contribution in [0.4, 0.5) is 4.39 Å². The molecule has 168 valence electrons. The fourth-order valence-electron chi connectivity index (χ4n) is 3.67. The largest absolute Gasteiger partial charge is 0.354 e. The van der Waals surface area contributed by atoms with Gasteiger partial charge in [0.2, 0.25) is 5.91 Å². The van der Waals surface area contributed by atoms with Crippen molar-refractivity contribution in [1.29, 1.82) is 0 Å². The fourth-order valence-corrected chi connectivity index (χ4v) is 5.52. The molecule has 1 saturated heterocycles. The Balaban J connectivity index is 1.39. The molecule has 1 N–H and O–H groups in total. The van der Waals surface area contributed by atoms with Gasteiger partial charge in [0.25, 0.3) is 5.56 Å². The van der Waals surface area contributed by atoms with Gasteiger partial charge < -0.3 is 10.2 Å². The van der Waals surface area contributed by atoms with Gasteiger partial charge >= 0.3 is 0 Å². The monoisotopic (exact) mass is 472 g/mol. The first kappa shape index (κ1) is 22.8. The van der Waals surface area contributed by atoms with Crippen molar-refractivity contribution in [2.75, 3.05) is 37.0 Å². The molecule has 0 saturated carbocycles. The number of thioether (sulfide) groups is 2. The summed E-state index contributed by atoms with van der Waals surface area (Å²) in [6.45, 7) is 3.81. The van der Waals surface area contributed by atoms with E-state index in [0.717, 1.165) is 19.6 Å². The highest BCUT2D eigenvalue weighted by Gasteiger charge is 2.14. The van der Waals surface area contributed by atoms with Crippen LogP contribution in [0, 0.1) is 5.82 Å². The third kappa shape index (κ3) is 5.70. The SMILES string of the molecule is O=C(CSCSc1nc2ccccc2c(=O)n1-c1ccc(F)cc1)NCCN1CCCC1. The zero-order valence-electron chi connectivity index (χ0n) is 17.6. The number of carbonyl (C=O) groups is 1. The van der Waals surface area contributed by atoms with Crippen LogP contribution in [0.1, 0.15) is 12.8 Å². The maximum absolute atomic E-state index is 13.4. The fraction of sp³-hybridized carbons (Fsp3) is 0.348. The summed E-state index contributed by atoms with van der Waals surface area (Å²) in [6.07, 6.45) is 2.49. The summed E-state index contributed by atoms with van der Waals surface area (Å²) in [7, 11) is 0. The predicted molar refractivity (Wildman–Crippen MR) is 129 cm³/mol. The maximum Gasteiger partial charge on any atom is 0.266 e. The first-order valence-electron chi connectivity index (χ1n) is 10.6. The van der Waals surface area contributed by atoms with Gasteiger partial charge in [-0.05, 0) is 62.3 Å². The lowest BCUT2D eigenvalue weighted by atomic mass is 10.2. The van der Waals surface area contributed by atoms with Crippen LogP contribution < -0.4 is 10.9 Å². The Morgan fingerprint density at radius 2 is 1.84 bits per heavy atom. The van der Waals surface area contributed by atoms with Crippen LogP contribution in [-0.2, 0) is 4.79 Å². The molecule has 1 aliphatic rings. The first-order valence-corrected chi connectivity index (χ1v) is 12.7. The van der Waals surface area contributed by atoms with Crippen LogP contribution >= 0.6 is 23.5 Å². The summed E-state index contributed by atoms with van der Waals surface area (Å²) < 4.78 is 14.9. The molecule has 0 atom stereocenters. The van der Waals surface area contributed by atoms with Crippen LogP contribution in [-0.4, -0.2) is 57.4 Å². The number of nitrogens with zero attached hydrogens (tertiary/aromatic N) is 3. The number of para-hydroxylation sites is 1. The normalized spacial score (nSPS) is 14.2. The second-order valence-corrected chi connectivity index (χ2v) is 9.83. The van der Waals surface area contributed by atoms with Gasteiger partial charge in [0.1, 0.15) is 5.82 Å². The van der Waals surface area contributed by atoms with Crippen LogP contribution in [0.5, 0.6) is 0 Å². The smallest absolute Gasteiger partial charge is 0.266 e. The van der Waals surface area contributed by atoms with Gasteiger partial charge in [0.15, 0.2) is 5.16 Å². The molecule has 3 aromatic rings.